The fourth-order valence-corrected chi connectivity index (χ4v) is 6.15. The average Bonchev–Trinajstić information content (AvgIpc) is 2.85. The van der Waals surface area contributed by atoms with Crippen molar-refractivity contribution in [3.63, 3.8) is 0 Å². The summed E-state index contributed by atoms with van der Waals surface area (Å²) in [4.78, 5) is 14.3. The third kappa shape index (κ3) is 2.07. The molecule has 2 N–H and O–H groups in total. The second kappa shape index (κ2) is 4.92. The monoisotopic (exact) mass is 305 g/mol. The number of carbonyl (C=O) groups excluding carboxylic acids is 1. The Kier molecular flexibility index (Phi) is 3.23. The predicted octanol–water partition coefficient (Wildman–Crippen LogP) is 1.99. The number of nitriles is 1. The highest BCUT2D eigenvalue weighted by Gasteiger charge is 2.56. The van der Waals surface area contributed by atoms with Crippen molar-refractivity contribution in [3.05, 3.63) is 0 Å². The van der Waals surface area contributed by atoms with E-state index >= 15 is 0 Å². The molecule has 0 aromatic carbocycles. The maximum atomic E-state index is 13.6. The highest BCUT2D eigenvalue weighted by molar-refractivity contribution is 5.83. The Morgan fingerprint density at radius 1 is 1.18 bits per heavy atom. The zero-order valence-corrected chi connectivity index (χ0v) is 12.9. The minimum Gasteiger partial charge on any atom is -0.322 e. The first-order chi connectivity index (χ1) is 10.5. The standard InChI is InChI=1S/C17H24FN3O/c18-13-4-14(8-19)21(9-13)16(22)15(20)17-5-10-1-11(6-17)3-12(2-10)7-17/h10-15H,1-7,9,20H2/t10?,11?,12?,13-,14-,15+,17?/m0/s1. The average molecular weight is 305 g/mol. The van der Waals surface area contributed by atoms with Crippen LogP contribution < -0.4 is 5.73 Å². The van der Waals surface area contributed by atoms with Crippen molar-refractivity contribution in [1.82, 2.24) is 4.90 Å². The first-order valence-electron chi connectivity index (χ1n) is 8.60. The molecule has 0 aromatic rings. The quantitative estimate of drug-likeness (QED) is 0.848. The SMILES string of the molecule is N#C[C@@H]1C[C@H](F)CN1C(=O)[C@@H](N)C12CC3CC(CC(C3)C1)C2. The molecule has 22 heavy (non-hydrogen) atoms. The van der Waals surface area contributed by atoms with Crippen molar-refractivity contribution < 1.29 is 9.18 Å². The molecule has 5 aliphatic rings. The molecule has 0 aromatic heterocycles. The fraction of sp³-hybridized carbons (Fsp3) is 0.882. The van der Waals surface area contributed by atoms with Gasteiger partial charge in [-0.1, -0.05) is 0 Å². The van der Waals surface area contributed by atoms with E-state index in [2.05, 4.69) is 6.07 Å². The number of likely N-dealkylation sites (tertiary alicyclic amines) is 1. The Morgan fingerprint density at radius 3 is 2.23 bits per heavy atom. The number of hydrogen-bond donors (Lipinski definition) is 1. The van der Waals surface area contributed by atoms with Gasteiger partial charge >= 0.3 is 0 Å². The summed E-state index contributed by atoms with van der Waals surface area (Å²) >= 11 is 0. The number of carbonyl (C=O) groups is 1. The molecule has 4 bridgehead atoms. The van der Waals surface area contributed by atoms with Gasteiger partial charge in [-0.05, 0) is 61.7 Å². The van der Waals surface area contributed by atoms with Gasteiger partial charge in [0.15, 0.2) is 0 Å². The normalized spacial score (nSPS) is 47.5. The summed E-state index contributed by atoms with van der Waals surface area (Å²) in [6.07, 6.45) is 6.11. The molecule has 1 saturated heterocycles. The molecule has 5 heteroatoms. The van der Waals surface area contributed by atoms with Gasteiger partial charge in [0.05, 0.1) is 18.7 Å². The summed E-state index contributed by atoms with van der Waals surface area (Å²) in [7, 11) is 0. The van der Waals surface area contributed by atoms with Crippen molar-refractivity contribution in [1.29, 1.82) is 5.26 Å². The first-order valence-corrected chi connectivity index (χ1v) is 8.60. The van der Waals surface area contributed by atoms with Crippen molar-refractivity contribution in [2.75, 3.05) is 6.54 Å². The van der Waals surface area contributed by atoms with E-state index in [1.165, 1.54) is 24.2 Å². The number of halogens is 1. The van der Waals surface area contributed by atoms with Gasteiger partial charge in [0.2, 0.25) is 5.91 Å². The predicted molar refractivity (Wildman–Crippen MR) is 79.2 cm³/mol. The maximum absolute atomic E-state index is 13.6. The van der Waals surface area contributed by atoms with E-state index in [1.807, 2.05) is 0 Å². The van der Waals surface area contributed by atoms with Gasteiger partial charge in [0, 0.05) is 6.42 Å². The van der Waals surface area contributed by atoms with E-state index < -0.39 is 18.3 Å². The van der Waals surface area contributed by atoms with Gasteiger partial charge in [0.1, 0.15) is 12.2 Å². The Balaban J connectivity index is 1.55. The van der Waals surface area contributed by atoms with Gasteiger partial charge in [-0.2, -0.15) is 5.26 Å². The lowest BCUT2D eigenvalue weighted by Gasteiger charge is -2.58. The summed E-state index contributed by atoms with van der Waals surface area (Å²) < 4.78 is 13.6. The van der Waals surface area contributed by atoms with Crippen LogP contribution >= 0.6 is 0 Å². The molecule has 4 saturated carbocycles. The lowest BCUT2D eigenvalue weighted by Crippen LogP contribution is -2.60. The summed E-state index contributed by atoms with van der Waals surface area (Å²) in [6, 6.07) is 0.873. The molecule has 1 amide bonds. The fourth-order valence-electron chi connectivity index (χ4n) is 6.15. The minimum absolute atomic E-state index is 0.0388. The van der Waals surface area contributed by atoms with Crippen molar-refractivity contribution in [2.24, 2.45) is 28.9 Å². The molecular weight excluding hydrogens is 281 g/mol. The maximum Gasteiger partial charge on any atom is 0.241 e. The van der Waals surface area contributed by atoms with Crippen LogP contribution in [-0.2, 0) is 4.79 Å². The number of amides is 1. The second-order valence-corrected chi connectivity index (χ2v) is 8.23. The van der Waals surface area contributed by atoms with E-state index in [4.69, 9.17) is 11.0 Å². The zero-order valence-electron chi connectivity index (χ0n) is 12.9. The molecule has 5 fully saturated rings. The van der Waals surface area contributed by atoms with E-state index in [0.29, 0.717) is 0 Å². The van der Waals surface area contributed by atoms with Crippen LogP contribution in [0.4, 0.5) is 4.39 Å². The van der Waals surface area contributed by atoms with E-state index in [-0.39, 0.29) is 24.3 Å². The van der Waals surface area contributed by atoms with Crippen LogP contribution in [0.2, 0.25) is 0 Å². The van der Waals surface area contributed by atoms with Gasteiger partial charge < -0.3 is 10.6 Å². The summed E-state index contributed by atoms with van der Waals surface area (Å²) in [5, 5.41) is 9.17. The molecule has 5 rings (SSSR count). The van der Waals surface area contributed by atoms with E-state index in [1.54, 1.807) is 0 Å². The van der Waals surface area contributed by atoms with Crippen LogP contribution in [0.1, 0.15) is 44.9 Å². The van der Waals surface area contributed by atoms with Gasteiger partial charge in [-0.25, -0.2) is 4.39 Å². The third-order valence-electron chi connectivity index (χ3n) is 6.69. The number of nitrogens with zero attached hydrogens (tertiary/aromatic N) is 2. The molecular formula is C17H24FN3O. The Morgan fingerprint density at radius 2 is 1.73 bits per heavy atom. The van der Waals surface area contributed by atoms with Crippen LogP contribution in [-0.4, -0.2) is 35.6 Å². The van der Waals surface area contributed by atoms with Crippen LogP contribution in [0.15, 0.2) is 0 Å². The van der Waals surface area contributed by atoms with E-state index in [0.717, 1.165) is 37.0 Å². The lowest BCUT2D eigenvalue weighted by molar-refractivity contribution is -0.143. The minimum atomic E-state index is -1.09. The Bertz CT molecular complexity index is 493. The first kappa shape index (κ1) is 14.4. The molecule has 1 aliphatic heterocycles. The zero-order chi connectivity index (χ0) is 15.5. The van der Waals surface area contributed by atoms with E-state index in [9.17, 15) is 9.18 Å². The van der Waals surface area contributed by atoms with Crippen molar-refractivity contribution in [2.45, 2.75) is 63.2 Å². The third-order valence-corrected chi connectivity index (χ3v) is 6.69. The highest BCUT2D eigenvalue weighted by Crippen LogP contribution is 2.61. The molecule has 0 unspecified atom stereocenters. The molecule has 3 atom stereocenters. The number of alkyl halides is 1. The molecule has 4 aliphatic carbocycles. The van der Waals surface area contributed by atoms with Gasteiger partial charge in [-0.15, -0.1) is 0 Å². The number of hydrogen-bond acceptors (Lipinski definition) is 3. The highest BCUT2D eigenvalue weighted by atomic mass is 19.1. The largest absolute Gasteiger partial charge is 0.322 e. The van der Waals surface area contributed by atoms with Crippen LogP contribution in [0, 0.1) is 34.5 Å². The smallest absolute Gasteiger partial charge is 0.241 e. The molecule has 1 heterocycles. The van der Waals surface area contributed by atoms with Crippen LogP contribution in [0.5, 0.6) is 0 Å². The summed E-state index contributed by atoms with van der Waals surface area (Å²) in [5.41, 5.74) is 6.35. The molecule has 4 nitrogen and oxygen atoms in total. The van der Waals surface area contributed by atoms with Gasteiger partial charge in [-0.3, -0.25) is 4.79 Å². The topological polar surface area (TPSA) is 70.1 Å². The number of nitrogens with two attached hydrogens (primary N) is 1. The molecule has 120 valence electrons. The number of rotatable bonds is 2. The molecule has 0 spiro atoms. The van der Waals surface area contributed by atoms with Crippen molar-refractivity contribution in [3.8, 4) is 6.07 Å². The second-order valence-electron chi connectivity index (χ2n) is 8.23. The lowest BCUT2D eigenvalue weighted by atomic mass is 9.47. The van der Waals surface area contributed by atoms with Crippen LogP contribution in [0.3, 0.4) is 0 Å². The van der Waals surface area contributed by atoms with Gasteiger partial charge in [0.25, 0.3) is 0 Å². The molecule has 0 radical (unpaired) electrons. The summed E-state index contributed by atoms with van der Waals surface area (Å²) in [6.45, 7) is 0.0388. The van der Waals surface area contributed by atoms with Crippen molar-refractivity contribution >= 4 is 5.91 Å². The van der Waals surface area contributed by atoms with Crippen LogP contribution in [0.25, 0.3) is 0 Å². The summed E-state index contributed by atoms with van der Waals surface area (Å²) in [5.74, 6) is 1.99. The Labute approximate surface area is 130 Å². The Hall–Kier alpha value is -1.15.